The summed E-state index contributed by atoms with van der Waals surface area (Å²) < 4.78 is 6.92. The predicted molar refractivity (Wildman–Crippen MR) is 229 cm³/mol. The zero-order valence-corrected chi connectivity index (χ0v) is 29.8. The van der Waals surface area contributed by atoms with Gasteiger partial charge in [0.05, 0.1) is 5.39 Å². The minimum atomic E-state index is 0.659. The van der Waals surface area contributed by atoms with E-state index in [4.69, 9.17) is 14.4 Å². The van der Waals surface area contributed by atoms with Gasteiger partial charge in [0.25, 0.3) is 0 Å². The van der Waals surface area contributed by atoms with Crippen molar-refractivity contribution in [3.8, 4) is 56.0 Å². The highest BCUT2D eigenvalue weighted by Crippen LogP contribution is 2.43. The van der Waals surface area contributed by atoms with E-state index >= 15 is 0 Å². The Bertz CT molecular complexity index is 3210. The summed E-state index contributed by atoms with van der Waals surface area (Å²) in [7, 11) is 0. The molecule has 0 unspecified atom stereocenters. The number of aromatic nitrogens is 2. The second-order valence-electron chi connectivity index (χ2n) is 14.1. The molecule has 0 N–H and O–H groups in total. The van der Waals surface area contributed by atoms with Crippen LogP contribution in [-0.4, -0.2) is 9.97 Å². The molecule has 2 heterocycles. The van der Waals surface area contributed by atoms with E-state index in [0.29, 0.717) is 11.4 Å². The lowest BCUT2D eigenvalue weighted by Gasteiger charge is -2.13. The Balaban J connectivity index is 1.16. The van der Waals surface area contributed by atoms with Gasteiger partial charge in [-0.25, -0.2) is 9.97 Å². The van der Waals surface area contributed by atoms with E-state index < -0.39 is 0 Å². The van der Waals surface area contributed by atoms with Crippen molar-refractivity contribution in [2.24, 2.45) is 0 Å². The van der Waals surface area contributed by atoms with Gasteiger partial charge in [-0.15, -0.1) is 0 Å². The molecule has 2 aromatic heterocycles. The Morgan fingerprint density at radius 1 is 0.327 bits per heavy atom. The standard InChI is InChI=1S/C52H32N2O/c1-4-15-33(16-5-1)39-31-45(34-17-6-2-7-18-34)48-47(32-39)55-51-49(53-52(54-50(48)51)35-19-8-3-9-20-35)38-22-14-21-36(29-38)37-27-28-44-42-25-11-10-23-40(42)41-24-12-13-26-43(41)46(44)30-37/h1-32H. The van der Waals surface area contributed by atoms with Gasteiger partial charge in [-0.2, -0.15) is 0 Å². The van der Waals surface area contributed by atoms with E-state index in [9.17, 15) is 0 Å². The first kappa shape index (κ1) is 31.2. The van der Waals surface area contributed by atoms with Gasteiger partial charge in [0.1, 0.15) is 16.8 Å². The number of fused-ring (bicyclic) bond motifs is 9. The third-order valence-corrected chi connectivity index (χ3v) is 10.9. The molecule has 0 spiro atoms. The summed E-state index contributed by atoms with van der Waals surface area (Å²) in [6.45, 7) is 0. The monoisotopic (exact) mass is 700 g/mol. The van der Waals surface area contributed by atoms with E-state index in [-0.39, 0.29) is 0 Å². The fourth-order valence-electron chi connectivity index (χ4n) is 8.25. The third-order valence-electron chi connectivity index (χ3n) is 10.9. The maximum absolute atomic E-state index is 6.92. The van der Waals surface area contributed by atoms with Crippen molar-refractivity contribution in [1.82, 2.24) is 9.97 Å². The molecule has 9 aromatic carbocycles. The smallest absolute Gasteiger partial charge is 0.180 e. The Morgan fingerprint density at radius 2 is 0.855 bits per heavy atom. The number of furan rings is 1. The normalized spacial score (nSPS) is 11.6. The van der Waals surface area contributed by atoms with Crippen LogP contribution >= 0.6 is 0 Å². The molecule has 3 nitrogen and oxygen atoms in total. The topological polar surface area (TPSA) is 38.9 Å². The van der Waals surface area contributed by atoms with Crippen molar-refractivity contribution in [3.05, 3.63) is 194 Å². The summed E-state index contributed by atoms with van der Waals surface area (Å²) in [5.41, 5.74) is 11.6. The van der Waals surface area contributed by atoms with Crippen LogP contribution in [0.25, 0.3) is 110 Å². The number of nitrogens with zero attached hydrogens (tertiary/aromatic N) is 2. The summed E-state index contributed by atoms with van der Waals surface area (Å²) in [5.74, 6) is 0.659. The van der Waals surface area contributed by atoms with Gasteiger partial charge in [0.2, 0.25) is 0 Å². The van der Waals surface area contributed by atoms with Crippen molar-refractivity contribution in [2.75, 3.05) is 0 Å². The molecule has 11 aromatic rings. The highest BCUT2D eigenvalue weighted by Gasteiger charge is 2.22. The van der Waals surface area contributed by atoms with Crippen LogP contribution in [0.3, 0.4) is 0 Å². The van der Waals surface area contributed by atoms with Gasteiger partial charge >= 0.3 is 0 Å². The molecule has 11 rings (SSSR count). The molecular weight excluding hydrogens is 669 g/mol. The molecule has 0 fully saturated rings. The Hall–Kier alpha value is -7.36. The molecule has 55 heavy (non-hydrogen) atoms. The van der Waals surface area contributed by atoms with Crippen LogP contribution in [0.15, 0.2) is 199 Å². The zero-order valence-electron chi connectivity index (χ0n) is 29.8. The second kappa shape index (κ2) is 12.6. The van der Waals surface area contributed by atoms with E-state index in [0.717, 1.165) is 66.7 Å². The van der Waals surface area contributed by atoms with E-state index in [2.05, 4.69) is 170 Å². The van der Waals surface area contributed by atoms with E-state index in [1.54, 1.807) is 0 Å². The second-order valence-corrected chi connectivity index (χ2v) is 14.1. The lowest BCUT2D eigenvalue weighted by molar-refractivity contribution is 0.667. The number of rotatable bonds is 5. The van der Waals surface area contributed by atoms with Crippen LogP contribution in [0.2, 0.25) is 0 Å². The fraction of sp³-hybridized carbons (Fsp3) is 0. The molecule has 0 aliphatic rings. The molecule has 0 bridgehead atoms. The van der Waals surface area contributed by atoms with E-state index in [1.807, 2.05) is 24.3 Å². The first-order valence-electron chi connectivity index (χ1n) is 18.7. The lowest BCUT2D eigenvalue weighted by Crippen LogP contribution is -1.94. The quantitative estimate of drug-likeness (QED) is 0.168. The predicted octanol–water partition coefficient (Wildman–Crippen LogP) is 14.2. The van der Waals surface area contributed by atoms with Gasteiger partial charge < -0.3 is 4.42 Å². The van der Waals surface area contributed by atoms with Gasteiger partial charge in [0, 0.05) is 11.1 Å². The summed E-state index contributed by atoms with van der Waals surface area (Å²) in [6, 6.07) is 68.6. The fourth-order valence-corrected chi connectivity index (χ4v) is 8.25. The highest BCUT2D eigenvalue weighted by molar-refractivity contribution is 6.25. The molecule has 0 atom stereocenters. The highest BCUT2D eigenvalue weighted by atomic mass is 16.3. The molecule has 0 saturated carbocycles. The molecule has 0 aliphatic heterocycles. The van der Waals surface area contributed by atoms with Crippen molar-refractivity contribution >= 4 is 54.4 Å². The van der Waals surface area contributed by atoms with Crippen LogP contribution in [0, 0.1) is 0 Å². The molecule has 3 heteroatoms. The summed E-state index contributed by atoms with van der Waals surface area (Å²) in [6.07, 6.45) is 0. The van der Waals surface area contributed by atoms with Crippen LogP contribution in [0.5, 0.6) is 0 Å². The first-order valence-corrected chi connectivity index (χ1v) is 18.7. The van der Waals surface area contributed by atoms with Gasteiger partial charge in [0.15, 0.2) is 11.4 Å². The van der Waals surface area contributed by atoms with Crippen LogP contribution in [0.1, 0.15) is 0 Å². The van der Waals surface area contributed by atoms with E-state index in [1.165, 1.54) is 32.3 Å². The SMILES string of the molecule is c1ccc(-c2cc(-c3ccccc3)c3c(c2)oc2c(-c4cccc(-c5ccc6c7ccccc7c7ccccc7c6c5)c4)nc(-c4ccccc4)nc23)cc1. The summed E-state index contributed by atoms with van der Waals surface area (Å²) in [5, 5.41) is 8.54. The van der Waals surface area contributed by atoms with Crippen molar-refractivity contribution < 1.29 is 4.42 Å². The van der Waals surface area contributed by atoms with Crippen LogP contribution in [-0.2, 0) is 0 Å². The third kappa shape index (κ3) is 5.20. The van der Waals surface area contributed by atoms with Crippen molar-refractivity contribution in [1.29, 1.82) is 0 Å². The molecule has 0 aliphatic carbocycles. The average molecular weight is 701 g/mol. The lowest BCUT2D eigenvalue weighted by atomic mass is 9.91. The molecule has 256 valence electrons. The van der Waals surface area contributed by atoms with Crippen LogP contribution < -0.4 is 0 Å². The number of hydrogen-bond donors (Lipinski definition) is 0. The maximum atomic E-state index is 6.92. The molecular formula is C52H32N2O. The first-order chi connectivity index (χ1) is 27.3. The molecule has 0 radical (unpaired) electrons. The Morgan fingerprint density at radius 3 is 1.53 bits per heavy atom. The van der Waals surface area contributed by atoms with Crippen molar-refractivity contribution in [2.45, 2.75) is 0 Å². The largest absolute Gasteiger partial charge is 0.452 e. The van der Waals surface area contributed by atoms with Crippen molar-refractivity contribution in [3.63, 3.8) is 0 Å². The maximum Gasteiger partial charge on any atom is 0.180 e. The average Bonchev–Trinajstić information content (AvgIpc) is 3.65. The number of hydrogen-bond acceptors (Lipinski definition) is 3. The van der Waals surface area contributed by atoms with Gasteiger partial charge in [-0.1, -0.05) is 170 Å². The summed E-state index contributed by atoms with van der Waals surface area (Å²) >= 11 is 0. The zero-order chi connectivity index (χ0) is 36.3. The molecule has 0 saturated heterocycles. The Labute approximate surface area is 317 Å². The van der Waals surface area contributed by atoms with Gasteiger partial charge in [-0.3, -0.25) is 0 Å². The Kier molecular flexibility index (Phi) is 7.17. The summed E-state index contributed by atoms with van der Waals surface area (Å²) in [4.78, 5) is 10.5. The van der Waals surface area contributed by atoms with Crippen LogP contribution in [0.4, 0.5) is 0 Å². The molecule has 0 amide bonds. The van der Waals surface area contributed by atoms with Gasteiger partial charge in [-0.05, 0) is 90.0 Å². The minimum absolute atomic E-state index is 0.659. The number of benzene rings is 9. The minimum Gasteiger partial charge on any atom is -0.452 e.